The first kappa shape index (κ1) is 9.06. The summed E-state index contributed by atoms with van der Waals surface area (Å²) < 4.78 is 5.10. The van der Waals surface area contributed by atoms with Gasteiger partial charge in [-0.05, 0) is 37.1 Å². The lowest BCUT2D eigenvalue weighted by molar-refractivity contribution is 0.415. The van der Waals surface area contributed by atoms with Crippen LogP contribution in [0.1, 0.15) is 12.8 Å². The van der Waals surface area contributed by atoms with Gasteiger partial charge in [-0.1, -0.05) is 0 Å². The minimum absolute atomic E-state index is 0.884. The van der Waals surface area contributed by atoms with Crippen molar-refractivity contribution in [2.24, 2.45) is 5.10 Å². The van der Waals surface area contributed by atoms with Crippen LogP contribution in [0.4, 0.5) is 5.69 Å². The molecule has 1 aliphatic heterocycles. The number of hydrazone groups is 1. The second-order valence-corrected chi connectivity index (χ2v) is 3.26. The quantitative estimate of drug-likeness (QED) is 0.714. The summed E-state index contributed by atoms with van der Waals surface area (Å²) in [5, 5.41) is 6.34. The Morgan fingerprint density at radius 2 is 2.07 bits per heavy atom. The summed E-state index contributed by atoms with van der Waals surface area (Å²) in [6.07, 6.45) is 4.23. The predicted molar refractivity (Wildman–Crippen MR) is 58.1 cm³/mol. The molecule has 2 rings (SSSR count). The minimum atomic E-state index is 0.884. The van der Waals surface area contributed by atoms with Crippen molar-refractivity contribution in [2.45, 2.75) is 12.8 Å². The van der Waals surface area contributed by atoms with Crippen LogP contribution in [-0.4, -0.2) is 19.9 Å². The molecule has 3 heteroatoms. The molecule has 74 valence electrons. The van der Waals surface area contributed by atoms with E-state index in [0.29, 0.717) is 0 Å². The Labute approximate surface area is 84.0 Å². The predicted octanol–water partition coefficient (Wildman–Crippen LogP) is 2.28. The first-order chi connectivity index (χ1) is 6.90. The number of methoxy groups -OCH3 is 1. The van der Waals surface area contributed by atoms with E-state index in [9.17, 15) is 0 Å². The lowest BCUT2D eigenvalue weighted by atomic mass is 10.2. The monoisotopic (exact) mass is 190 g/mol. The van der Waals surface area contributed by atoms with Crippen molar-refractivity contribution in [1.29, 1.82) is 0 Å². The van der Waals surface area contributed by atoms with E-state index in [1.54, 1.807) is 7.11 Å². The van der Waals surface area contributed by atoms with Crippen molar-refractivity contribution >= 4 is 11.9 Å². The van der Waals surface area contributed by atoms with Gasteiger partial charge in [0.05, 0.1) is 12.8 Å². The maximum atomic E-state index is 5.10. The summed E-state index contributed by atoms with van der Waals surface area (Å²) in [5.74, 6) is 0.884. The van der Waals surface area contributed by atoms with Crippen molar-refractivity contribution in [3.63, 3.8) is 0 Å². The molecule has 14 heavy (non-hydrogen) atoms. The largest absolute Gasteiger partial charge is 0.497 e. The average Bonchev–Trinajstić information content (AvgIpc) is 2.30. The summed E-state index contributed by atoms with van der Waals surface area (Å²) in [6, 6.07) is 7.97. The van der Waals surface area contributed by atoms with Crippen LogP contribution in [-0.2, 0) is 0 Å². The second-order valence-electron chi connectivity index (χ2n) is 3.26. The molecule has 0 radical (unpaired) electrons. The fourth-order valence-electron chi connectivity index (χ4n) is 1.50. The molecule has 0 saturated heterocycles. The fourth-order valence-corrected chi connectivity index (χ4v) is 1.50. The van der Waals surface area contributed by atoms with Gasteiger partial charge in [0.25, 0.3) is 0 Å². The standard InChI is InChI=1S/C11H14N2O/c1-14-11-6-4-10(5-7-11)13-9-3-2-8-12-13/h4-8H,2-3,9H2,1H3. The molecule has 1 aromatic carbocycles. The van der Waals surface area contributed by atoms with Gasteiger partial charge in [-0.25, -0.2) is 0 Å². The molecule has 0 amide bonds. The number of nitrogens with zero attached hydrogens (tertiary/aromatic N) is 2. The average molecular weight is 190 g/mol. The molecule has 1 heterocycles. The van der Waals surface area contributed by atoms with Crippen LogP contribution < -0.4 is 9.75 Å². The van der Waals surface area contributed by atoms with Gasteiger partial charge in [-0.15, -0.1) is 0 Å². The van der Waals surface area contributed by atoms with Gasteiger partial charge in [0, 0.05) is 12.8 Å². The molecule has 0 N–H and O–H groups in total. The summed E-state index contributed by atoms with van der Waals surface area (Å²) in [7, 11) is 1.67. The molecule has 1 aliphatic rings. The first-order valence-electron chi connectivity index (χ1n) is 4.84. The molecule has 0 atom stereocenters. The van der Waals surface area contributed by atoms with Gasteiger partial charge in [-0.2, -0.15) is 5.10 Å². The van der Waals surface area contributed by atoms with E-state index in [0.717, 1.165) is 24.4 Å². The third-order valence-corrected chi connectivity index (χ3v) is 2.29. The van der Waals surface area contributed by atoms with Gasteiger partial charge in [0.2, 0.25) is 0 Å². The Morgan fingerprint density at radius 3 is 2.64 bits per heavy atom. The van der Waals surface area contributed by atoms with Crippen molar-refractivity contribution in [3.8, 4) is 5.75 Å². The Hall–Kier alpha value is -1.51. The topological polar surface area (TPSA) is 24.8 Å². The Bertz CT molecular complexity index is 319. The molecule has 3 nitrogen and oxygen atoms in total. The highest BCUT2D eigenvalue weighted by Crippen LogP contribution is 2.20. The summed E-state index contributed by atoms with van der Waals surface area (Å²) in [5.41, 5.74) is 1.13. The van der Waals surface area contributed by atoms with Crippen LogP contribution in [0, 0.1) is 0 Å². The second kappa shape index (κ2) is 4.13. The molecular weight excluding hydrogens is 176 g/mol. The highest BCUT2D eigenvalue weighted by Gasteiger charge is 2.06. The number of rotatable bonds is 2. The zero-order chi connectivity index (χ0) is 9.80. The van der Waals surface area contributed by atoms with E-state index in [1.165, 1.54) is 6.42 Å². The van der Waals surface area contributed by atoms with Crippen LogP contribution in [0.25, 0.3) is 0 Å². The van der Waals surface area contributed by atoms with E-state index < -0.39 is 0 Å². The molecule has 0 aromatic heterocycles. The molecule has 0 spiro atoms. The van der Waals surface area contributed by atoms with Crippen molar-refractivity contribution in [1.82, 2.24) is 0 Å². The molecule has 0 aliphatic carbocycles. The number of benzene rings is 1. The zero-order valence-corrected chi connectivity index (χ0v) is 8.31. The third-order valence-electron chi connectivity index (χ3n) is 2.29. The van der Waals surface area contributed by atoms with E-state index in [4.69, 9.17) is 4.74 Å². The molecular formula is C11H14N2O. The molecule has 1 aromatic rings. The Balaban J connectivity index is 2.15. The molecule has 0 saturated carbocycles. The van der Waals surface area contributed by atoms with Crippen molar-refractivity contribution < 1.29 is 4.74 Å². The maximum Gasteiger partial charge on any atom is 0.119 e. The van der Waals surface area contributed by atoms with Crippen LogP contribution in [0.2, 0.25) is 0 Å². The number of hydrogen-bond donors (Lipinski definition) is 0. The molecule has 0 bridgehead atoms. The smallest absolute Gasteiger partial charge is 0.119 e. The fraction of sp³-hybridized carbons (Fsp3) is 0.364. The minimum Gasteiger partial charge on any atom is -0.497 e. The maximum absolute atomic E-state index is 5.10. The first-order valence-corrected chi connectivity index (χ1v) is 4.84. The van der Waals surface area contributed by atoms with Gasteiger partial charge in [0.1, 0.15) is 5.75 Å². The third kappa shape index (κ3) is 1.87. The van der Waals surface area contributed by atoms with Gasteiger partial charge in [-0.3, -0.25) is 5.01 Å². The Kier molecular flexibility index (Phi) is 2.68. The highest BCUT2D eigenvalue weighted by atomic mass is 16.5. The number of anilines is 1. The SMILES string of the molecule is COc1ccc(N2CCCC=N2)cc1. The van der Waals surface area contributed by atoms with Crippen LogP contribution in [0.5, 0.6) is 5.75 Å². The van der Waals surface area contributed by atoms with E-state index >= 15 is 0 Å². The summed E-state index contributed by atoms with van der Waals surface area (Å²) in [6.45, 7) is 1.00. The highest BCUT2D eigenvalue weighted by molar-refractivity contribution is 5.62. The summed E-state index contributed by atoms with van der Waals surface area (Å²) >= 11 is 0. The lowest BCUT2D eigenvalue weighted by Crippen LogP contribution is -2.21. The van der Waals surface area contributed by atoms with Crippen LogP contribution in [0.3, 0.4) is 0 Å². The van der Waals surface area contributed by atoms with Crippen LogP contribution >= 0.6 is 0 Å². The number of hydrogen-bond acceptors (Lipinski definition) is 3. The molecule has 0 fully saturated rings. The van der Waals surface area contributed by atoms with Crippen molar-refractivity contribution in [2.75, 3.05) is 18.7 Å². The van der Waals surface area contributed by atoms with Gasteiger partial charge < -0.3 is 4.74 Å². The van der Waals surface area contributed by atoms with Gasteiger partial charge >= 0.3 is 0 Å². The number of ether oxygens (including phenoxy) is 1. The normalized spacial score (nSPS) is 15.6. The Morgan fingerprint density at radius 1 is 1.29 bits per heavy atom. The van der Waals surface area contributed by atoms with E-state index in [-0.39, 0.29) is 0 Å². The van der Waals surface area contributed by atoms with E-state index in [2.05, 4.69) is 5.10 Å². The summed E-state index contributed by atoms with van der Waals surface area (Å²) in [4.78, 5) is 0. The lowest BCUT2D eigenvalue weighted by Gasteiger charge is -2.21. The van der Waals surface area contributed by atoms with Gasteiger partial charge in [0.15, 0.2) is 0 Å². The zero-order valence-electron chi connectivity index (χ0n) is 8.31. The van der Waals surface area contributed by atoms with Crippen molar-refractivity contribution in [3.05, 3.63) is 24.3 Å². The molecule has 0 unspecified atom stereocenters. The van der Waals surface area contributed by atoms with Crippen LogP contribution in [0.15, 0.2) is 29.4 Å². The van der Waals surface area contributed by atoms with E-state index in [1.807, 2.05) is 35.5 Å².